The molecule has 0 unspecified atom stereocenters. The molecule has 0 fully saturated rings. The van der Waals surface area contributed by atoms with Crippen LogP contribution >= 0.6 is 11.6 Å². The van der Waals surface area contributed by atoms with Crippen molar-refractivity contribution in [3.05, 3.63) is 53.2 Å². The fraction of sp³-hybridized carbons (Fsp3) is 0.312. The quantitative estimate of drug-likeness (QED) is 0.678. The Labute approximate surface area is 123 Å². The molecule has 3 nitrogen and oxygen atoms in total. The van der Waals surface area contributed by atoms with Crippen LogP contribution in [0, 0.1) is 13.8 Å². The number of benzene rings is 1. The summed E-state index contributed by atoms with van der Waals surface area (Å²) in [6.45, 7) is 4.74. The van der Waals surface area contributed by atoms with Crippen molar-refractivity contribution in [2.24, 2.45) is 0 Å². The van der Waals surface area contributed by atoms with Crippen molar-refractivity contribution in [2.75, 3.05) is 5.88 Å². The van der Waals surface area contributed by atoms with E-state index in [1.807, 2.05) is 19.1 Å². The van der Waals surface area contributed by atoms with Gasteiger partial charge in [-0.05, 0) is 43.7 Å². The molecule has 3 rings (SSSR count). The maximum atomic E-state index is 5.90. The monoisotopic (exact) mass is 288 g/mol. The lowest BCUT2D eigenvalue weighted by atomic mass is 10.2. The normalized spacial score (nSPS) is 11.3. The van der Waals surface area contributed by atoms with Gasteiger partial charge in [-0.25, -0.2) is 4.98 Å². The smallest absolute Gasteiger partial charge is 0.123 e. The molecular weight excluding hydrogens is 272 g/mol. The van der Waals surface area contributed by atoms with E-state index in [0.717, 1.165) is 34.8 Å². The average Bonchev–Trinajstić information content (AvgIpc) is 2.96. The fourth-order valence-corrected chi connectivity index (χ4v) is 2.63. The molecule has 0 atom stereocenters. The van der Waals surface area contributed by atoms with Gasteiger partial charge in [0.1, 0.15) is 17.3 Å². The number of hydrogen-bond donors (Lipinski definition) is 0. The van der Waals surface area contributed by atoms with Gasteiger partial charge in [-0.1, -0.05) is 6.07 Å². The van der Waals surface area contributed by atoms with E-state index in [4.69, 9.17) is 16.0 Å². The van der Waals surface area contributed by atoms with Crippen LogP contribution in [0.5, 0.6) is 0 Å². The van der Waals surface area contributed by atoms with Crippen molar-refractivity contribution in [1.29, 1.82) is 0 Å². The van der Waals surface area contributed by atoms with E-state index in [9.17, 15) is 0 Å². The van der Waals surface area contributed by atoms with E-state index >= 15 is 0 Å². The summed E-state index contributed by atoms with van der Waals surface area (Å²) in [7, 11) is 0. The molecule has 0 saturated carbocycles. The zero-order chi connectivity index (χ0) is 14.1. The predicted molar refractivity (Wildman–Crippen MR) is 81.4 cm³/mol. The van der Waals surface area contributed by atoms with Gasteiger partial charge < -0.3 is 8.98 Å². The average molecular weight is 289 g/mol. The second-order valence-electron chi connectivity index (χ2n) is 5.06. The Balaban J connectivity index is 2.09. The first-order valence-electron chi connectivity index (χ1n) is 6.74. The van der Waals surface area contributed by atoms with E-state index in [-0.39, 0.29) is 0 Å². The molecule has 2 heterocycles. The van der Waals surface area contributed by atoms with Crippen LogP contribution in [0.2, 0.25) is 0 Å². The topological polar surface area (TPSA) is 31.0 Å². The molecule has 0 saturated heterocycles. The predicted octanol–water partition coefficient (Wildman–Crippen LogP) is 4.08. The second kappa shape index (κ2) is 5.33. The van der Waals surface area contributed by atoms with E-state index in [0.29, 0.717) is 12.4 Å². The van der Waals surface area contributed by atoms with Gasteiger partial charge in [0, 0.05) is 12.3 Å². The SMILES string of the molecule is Cc1ccc2nc(CCCl)n(Cc3ccc(C)o3)c2c1. The third kappa shape index (κ3) is 2.46. The summed E-state index contributed by atoms with van der Waals surface area (Å²) in [6.07, 6.45) is 0.759. The zero-order valence-corrected chi connectivity index (χ0v) is 12.4. The molecule has 0 N–H and O–H groups in total. The molecule has 2 aromatic heterocycles. The Morgan fingerprint density at radius 1 is 1.20 bits per heavy atom. The molecule has 0 spiro atoms. The zero-order valence-electron chi connectivity index (χ0n) is 11.7. The number of furan rings is 1. The number of imidazole rings is 1. The van der Waals surface area contributed by atoms with Gasteiger partial charge in [0.2, 0.25) is 0 Å². The van der Waals surface area contributed by atoms with Crippen LogP contribution in [0.1, 0.15) is 22.9 Å². The first-order chi connectivity index (χ1) is 9.67. The van der Waals surface area contributed by atoms with Crippen LogP contribution in [0.15, 0.2) is 34.7 Å². The van der Waals surface area contributed by atoms with Crippen LogP contribution in [0.4, 0.5) is 0 Å². The molecule has 0 radical (unpaired) electrons. The maximum absolute atomic E-state index is 5.90. The summed E-state index contributed by atoms with van der Waals surface area (Å²) in [5.74, 6) is 3.45. The molecule has 0 aliphatic rings. The van der Waals surface area contributed by atoms with Gasteiger partial charge in [0.25, 0.3) is 0 Å². The number of nitrogens with zero attached hydrogens (tertiary/aromatic N) is 2. The Morgan fingerprint density at radius 2 is 2.05 bits per heavy atom. The molecule has 1 aromatic carbocycles. The Hall–Kier alpha value is -1.74. The first kappa shape index (κ1) is 13.3. The van der Waals surface area contributed by atoms with E-state index in [1.165, 1.54) is 5.56 Å². The Bertz CT molecular complexity index is 742. The highest BCUT2D eigenvalue weighted by Gasteiger charge is 2.12. The minimum Gasteiger partial charge on any atom is -0.464 e. The highest BCUT2D eigenvalue weighted by molar-refractivity contribution is 6.17. The number of rotatable bonds is 4. The van der Waals surface area contributed by atoms with Crippen LogP contribution in [0.25, 0.3) is 11.0 Å². The third-order valence-electron chi connectivity index (χ3n) is 3.41. The van der Waals surface area contributed by atoms with Crippen molar-refractivity contribution >= 4 is 22.6 Å². The summed E-state index contributed by atoms with van der Waals surface area (Å²) in [6, 6.07) is 10.3. The summed E-state index contributed by atoms with van der Waals surface area (Å²) < 4.78 is 7.88. The summed E-state index contributed by atoms with van der Waals surface area (Å²) >= 11 is 5.90. The van der Waals surface area contributed by atoms with Crippen molar-refractivity contribution < 1.29 is 4.42 Å². The van der Waals surface area contributed by atoms with Gasteiger partial charge in [-0.15, -0.1) is 11.6 Å². The van der Waals surface area contributed by atoms with Crippen LogP contribution in [-0.2, 0) is 13.0 Å². The lowest BCUT2D eigenvalue weighted by Crippen LogP contribution is -2.05. The fourth-order valence-electron chi connectivity index (χ4n) is 2.46. The van der Waals surface area contributed by atoms with Crippen molar-refractivity contribution in [3.8, 4) is 0 Å². The minimum atomic E-state index is 0.569. The summed E-state index contributed by atoms with van der Waals surface area (Å²) in [5.41, 5.74) is 3.38. The number of aryl methyl sites for hydroxylation is 3. The van der Waals surface area contributed by atoms with E-state index in [1.54, 1.807) is 0 Å². The molecule has 0 aliphatic heterocycles. The standard InChI is InChI=1S/C16H17ClN2O/c1-11-3-6-14-15(9-11)19(16(18-14)7-8-17)10-13-5-4-12(2)20-13/h3-6,9H,7-8,10H2,1-2H3. The molecule has 0 bridgehead atoms. The lowest BCUT2D eigenvalue weighted by Gasteiger charge is -2.07. The van der Waals surface area contributed by atoms with Crippen LogP contribution < -0.4 is 0 Å². The van der Waals surface area contributed by atoms with Crippen LogP contribution in [0.3, 0.4) is 0 Å². The van der Waals surface area contributed by atoms with E-state index in [2.05, 4.69) is 34.7 Å². The molecular formula is C16H17ClN2O. The largest absolute Gasteiger partial charge is 0.464 e. The number of fused-ring (bicyclic) bond motifs is 1. The van der Waals surface area contributed by atoms with E-state index < -0.39 is 0 Å². The van der Waals surface area contributed by atoms with Gasteiger partial charge in [-0.3, -0.25) is 0 Å². The maximum Gasteiger partial charge on any atom is 0.123 e. The Kier molecular flexibility index (Phi) is 3.53. The van der Waals surface area contributed by atoms with Crippen molar-refractivity contribution in [1.82, 2.24) is 9.55 Å². The summed E-state index contributed by atoms with van der Waals surface area (Å²) in [4.78, 5) is 4.68. The highest BCUT2D eigenvalue weighted by atomic mass is 35.5. The van der Waals surface area contributed by atoms with Crippen molar-refractivity contribution in [3.63, 3.8) is 0 Å². The molecule has 20 heavy (non-hydrogen) atoms. The molecule has 3 aromatic rings. The van der Waals surface area contributed by atoms with Crippen LogP contribution in [-0.4, -0.2) is 15.4 Å². The Morgan fingerprint density at radius 3 is 2.75 bits per heavy atom. The minimum absolute atomic E-state index is 0.569. The third-order valence-corrected chi connectivity index (χ3v) is 3.60. The summed E-state index contributed by atoms with van der Waals surface area (Å²) in [5, 5.41) is 0. The highest BCUT2D eigenvalue weighted by Crippen LogP contribution is 2.21. The lowest BCUT2D eigenvalue weighted by molar-refractivity contribution is 0.469. The number of aromatic nitrogens is 2. The number of hydrogen-bond acceptors (Lipinski definition) is 2. The number of halogens is 1. The van der Waals surface area contributed by atoms with Gasteiger partial charge >= 0.3 is 0 Å². The second-order valence-corrected chi connectivity index (χ2v) is 5.44. The first-order valence-corrected chi connectivity index (χ1v) is 7.28. The number of alkyl halides is 1. The molecule has 104 valence electrons. The molecule has 0 amide bonds. The molecule has 4 heteroatoms. The van der Waals surface area contributed by atoms with Gasteiger partial charge in [-0.2, -0.15) is 0 Å². The van der Waals surface area contributed by atoms with Gasteiger partial charge in [0.05, 0.1) is 17.6 Å². The molecule has 0 aliphatic carbocycles. The van der Waals surface area contributed by atoms with Gasteiger partial charge in [0.15, 0.2) is 0 Å². The van der Waals surface area contributed by atoms with Crippen molar-refractivity contribution in [2.45, 2.75) is 26.8 Å².